The zero-order valence-corrected chi connectivity index (χ0v) is 21.8. The number of carbonyl (C=O) groups is 1. The maximum absolute atomic E-state index is 10.9. The van der Waals surface area contributed by atoms with E-state index in [1.807, 2.05) is 30.3 Å². The lowest BCUT2D eigenvalue weighted by molar-refractivity contribution is -0.138. The molecule has 1 saturated carbocycles. The van der Waals surface area contributed by atoms with Gasteiger partial charge in [0.25, 0.3) is 0 Å². The first-order valence-electron chi connectivity index (χ1n) is 11.8. The number of thiazole rings is 1. The maximum Gasteiger partial charge on any atom is 0.327 e. The van der Waals surface area contributed by atoms with Crippen LogP contribution in [0, 0.1) is 0 Å². The molecule has 1 fully saturated rings. The molecule has 2 aromatic heterocycles. The molecule has 2 aromatic carbocycles. The molecule has 0 saturated heterocycles. The van der Waals surface area contributed by atoms with E-state index >= 15 is 0 Å². The number of rotatable bonds is 5. The Hall–Kier alpha value is -3.27. The van der Waals surface area contributed by atoms with Crippen LogP contribution in [0.2, 0.25) is 10.0 Å². The summed E-state index contributed by atoms with van der Waals surface area (Å²) in [6, 6.07) is 13.6. The van der Waals surface area contributed by atoms with Crippen molar-refractivity contribution in [2.45, 2.75) is 43.7 Å². The average molecular weight is 554 g/mol. The SMILES string of the molecule is O=C(O)Cn1nnc(-c2cnc(C3CCC4(C=C(c5cc(Cl)ccc5Cl)c5ccccc5O4)CC3)s2)n1. The van der Waals surface area contributed by atoms with Crippen LogP contribution in [0.1, 0.15) is 47.7 Å². The molecule has 0 atom stereocenters. The van der Waals surface area contributed by atoms with E-state index in [9.17, 15) is 4.79 Å². The van der Waals surface area contributed by atoms with Gasteiger partial charge in [-0.15, -0.1) is 21.5 Å². The molecule has 11 heteroatoms. The lowest BCUT2D eigenvalue weighted by Gasteiger charge is -2.41. The Morgan fingerprint density at radius 1 is 1.16 bits per heavy atom. The Bertz CT molecular complexity index is 1520. The van der Waals surface area contributed by atoms with E-state index < -0.39 is 11.6 Å². The molecule has 1 N–H and O–H groups in total. The van der Waals surface area contributed by atoms with Crippen LogP contribution in [0.15, 0.2) is 54.7 Å². The van der Waals surface area contributed by atoms with Gasteiger partial charge in [0.2, 0.25) is 5.82 Å². The smallest absolute Gasteiger partial charge is 0.327 e. The van der Waals surface area contributed by atoms with Gasteiger partial charge < -0.3 is 9.84 Å². The number of carboxylic acids is 1. The average Bonchev–Trinajstić information content (AvgIpc) is 3.55. The molecule has 0 radical (unpaired) electrons. The van der Waals surface area contributed by atoms with E-state index in [0.717, 1.165) is 62.8 Å². The normalized spacial score (nSPS) is 20.8. The molecule has 8 nitrogen and oxygen atoms in total. The Kier molecular flexibility index (Phi) is 6.22. The summed E-state index contributed by atoms with van der Waals surface area (Å²) >= 11 is 14.5. The molecule has 1 aliphatic heterocycles. The molecule has 0 bridgehead atoms. The van der Waals surface area contributed by atoms with E-state index in [1.165, 1.54) is 11.3 Å². The molecule has 4 aromatic rings. The van der Waals surface area contributed by atoms with Crippen LogP contribution in [-0.2, 0) is 11.3 Å². The fourth-order valence-corrected chi connectivity index (χ4v) is 6.41. The number of nitrogens with zero attached hydrogens (tertiary/aromatic N) is 5. The highest BCUT2D eigenvalue weighted by Crippen LogP contribution is 2.49. The Morgan fingerprint density at radius 2 is 1.97 bits per heavy atom. The molecular weight excluding hydrogens is 533 g/mol. The van der Waals surface area contributed by atoms with Gasteiger partial charge in [-0.3, -0.25) is 4.79 Å². The van der Waals surface area contributed by atoms with Gasteiger partial charge in [-0.1, -0.05) is 41.4 Å². The van der Waals surface area contributed by atoms with E-state index in [0.29, 0.717) is 15.9 Å². The van der Waals surface area contributed by atoms with Crippen molar-refractivity contribution < 1.29 is 14.6 Å². The highest BCUT2D eigenvalue weighted by atomic mass is 35.5. The molecule has 1 spiro atoms. The van der Waals surface area contributed by atoms with E-state index in [-0.39, 0.29) is 12.5 Å². The number of aliphatic carboxylic acids is 1. The van der Waals surface area contributed by atoms with Crippen molar-refractivity contribution in [3.63, 3.8) is 0 Å². The van der Waals surface area contributed by atoms with Gasteiger partial charge in [-0.2, -0.15) is 4.80 Å². The fourth-order valence-electron chi connectivity index (χ4n) is 5.00. The third-order valence-electron chi connectivity index (χ3n) is 6.77. The number of hydrogen-bond acceptors (Lipinski definition) is 7. The lowest BCUT2D eigenvalue weighted by atomic mass is 9.75. The summed E-state index contributed by atoms with van der Waals surface area (Å²) in [6.07, 6.45) is 7.42. The van der Waals surface area contributed by atoms with Gasteiger partial charge in [0, 0.05) is 33.3 Å². The quantitative estimate of drug-likeness (QED) is 0.318. The summed E-state index contributed by atoms with van der Waals surface area (Å²) in [7, 11) is 0. The topological polar surface area (TPSA) is 103 Å². The lowest BCUT2D eigenvalue weighted by Crippen LogP contribution is -2.40. The standard InChI is InChI=1S/C26H21Cl2N5O3S/c27-16-5-6-20(28)18(11-16)19-12-26(36-21-4-2-1-3-17(19)21)9-7-15(8-10-26)25-29-13-22(37-25)24-30-32-33(31-24)14-23(34)35/h1-6,11-13,15H,7-10,14H2,(H,34,35). The highest BCUT2D eigenvalue weighted by Gasteiger charge is 2.40. The zero-order chi connectivity index (χ0) is 25.6. The molecule has 0 amide bonds. The molecule has 1 aliphatic carbocycles. The first kappa shape index (κ1) is 24.1. The number of aromatic nitrogens is 5. The molecular formula is C26H21Cl2N5O3S. The van der Waals surface area contributed by atoms with E-state index in [4.69, 9.17) is 33.0 Å². The van der Waals surface area contributed by atoms with Crippen molar-refractivity contribution in [1.29, 1.82) is 0 Å². The summed E-state index contributed by atoms with van der Waals surface area (Å²) in [5, 5.41) is 23.2. The maximum atomic E-state index is 10.9. The van der Waals surface area contributed by atoms with Crippen LogP contribution < -0.4 is 4.74 Å². The van der Waals surface area contributed by atoms with Gasteiger partial charge in [0.1, 0.15) is 11.4 Å². The second-order valence-corrected chi connectivity index (χ2v) is 11.1. The number of halogens is 2. The van der Waals surface area contributed by atoms with Crippen molar-refractivity contribution in [3.05, 3.63) is 80.9 Å². The number of carboxylic acid groups (broad SMARTS) is 1. The second-order valence-electron chi connectivity index (χ2n) is 9.22. The van der Waals surface area contributed by atoms with Gasteiger partial charge in [0.15, 0.2) is 6.54 Å². The number of hydrogen-bond donors (Lipinski definition) is 1. The number of ether oxygens (including phenoxy) is 1. The van der Waals surface area contributed by atoms with Crippen LogP contribution >= 0.6 is 34.5 Å². The first-order valence-corrected chi connectivity index (χ1v) is 13.4. The van der Waals surface area contributed by atoms with Gasteiger partial charge in [-0.25, -0.2) is 4.98 Å². The highest BCUT2D eigenvalue weighted by molar-refractivity contribution is 7.15. The van der Waals surface area contributed by atoms with Crippen LogP contribution in [0.25, 0.3) is 16.3 Å². The van der Waals surface area contributed by atoms with Gasteiger partial charge in [0.05, 0.1) is 9.88 Å². The first-order chi connectivity index (χ1) is 17.9. The Morgan fingerprint density at radius 3 is 2.78 bits per heavy atom. The Balaban J connectivity index is 1.24. The summed E-state index contributed by atoms with van der Waals surface area (Å²) < 4.78 is 6.63. The van der Waals surface area contributed by atoms with Crippen molar-refractivity contribution >= 4 is 46.1 Å². The molecule has 188 valence electrons. The van der Waals surface area contributed by atoms with Crippen molar-refractivity contribution in [2.24, 2.45) is 0 Å². The predicted octanol–water partition coefficient (Wildman–Crippen LogP) is 6.11. The molecule has 0 unspecified atom stereocenters. The predicted molar refractivity (Wildman–Crippen MR) is 141 cm³/mol. The van der Waals surface area contributed by atoms with E-state index in [1.54, 1.807) is 12.3 Å². The fraction of sp³-hybridized carbons (Fsp3) is 0.269. The summed E-state index contributed by atoms with van der Waals surface area (Å²) in [5.74, 6) is 0.496. The van der Waals surface area contributed by atoms with Gasteiger partial charge >= 0.3 is 5.97 Å². The number of tetrazole rings is 1. The Labute approximate surface area is 226 Å². The second kappa shape index (κ2) is 9.55. The minimum Gasteiger partial charge on any atom is -0.483 e. The minimum atomic E-state index is -1.02. The minimum absolute atomic E-state index is 0.283. The molecule has 2 aliphatic rings. The number of fused-ring (bicyclic) bond motifs is 1. The van der Waals surface area contributed by atoms with E-state index in [2.05, 4.69) is 32.5 Å². The van der Waals surface area contributed by atoms with Crippen LogP contribution in [-0.4, -0.2) is 41.9 Å². The van der Waals surface area contributed by atoms with Crippen LogP contribution in [0.4, 0.5) is 0 Å². The largest absolute Gasteiger partial charge is 0.483 e. The monoisotopic (exact) mass is 553 g/mol. The van der Waals surface area contributed by atoms with Crippen molar-refractivity contribution in [1.82, 2.24) is 25.2 Å². The van der Waals surface area contributed by atoms with Crippen LogP contribution in [0.3, 0.4) is 0 Å². The van der Waals surface area contributed by atoms with Gasteiger partial charge in [-0.05, 0) is 66.8 Å². The summed E-state index contributed by atoms with van der Waals surface area (Å²) in [5.41, 5.74) is 2.51. The molecule has 6 rings (SSSR count). The summed E-state index contributed by atoms with van der Waals surface area (Å²) in [4.78, 5) is 17.4. The number of para-hydroxylation sites is 1. The molecule has 3 heterocycles. The molecule has 37 heavy (non-hydrogen) atoms. The van der Waals surface area contributed by atoms with Crippen molar-refractivity contribution in [2.75, 3.05) is 0 Å². The third kappa shape index (κ3) is 4.74. The summed E-state index contributed by atoms with van der Waals surface area (Å²) in [6.45, 7) is -0.331. The van der Waals surface area contributed by atoms with Crippen LogP contribution in [0.5, 0.6) is 5.75 Å². The third-order valence-corrected chi connectivity index (χ3v) is 8.49. The zero-order valence-electron chi connectivity index (χ0n) is 19.5. The number of benzene rings is 2. The van der Waals surface area contributed by atoms with Crippen molar-refractivity contribution in [3.8, 4) is 16.5 Å².